The van der Waals surface area contributed by atoms with E-state index in [9.17, 15) is 93.0 Å². The van der Waals surface area contributed by atoms with Gasteiger partial charge < -0.3 is 68.5 Å². The van der Waals surface area contributed by atoms with Crippen LogP contribution in [0.15, 0.2) is 12.2 Å². The molecule has 0 aromatic carbocycles. The summed E-state index contributed by atoms with van der Waals surface area (Å²) < 4.78 is 0. The fourth-order valence-electron chi connectivity index (χ4n) is 7.34. The average Bonchev–Trinajstić information content (AvgIpc) is 3.62. The zero-order valence-corrected chi connectivity index (χ0v) is 50.1. The Labute approximate surface area is 503 Å². The molecule has 0 saturated carbocycles. The van der Waals surface area contributed by atoms with E-state index in [2.05, 4.69) is 60.1 Å². The Morgan fingerprint density at radius 1 is 0.435 bits per heavy atom. The number of aliphatic hydroxyl groups excluding tert-OH is 2. The summed E-state index contributed by atoms with van der Waals surface area (Å²) >= 11 is 0. The normalized spacial score (nSPS) is 13.3. The second kappa shape index (κ2) is 44.2. The first-order valence-electron chi connectivity index (χ1n) is 27.4. The van der Waals surface area contributed by atoms with Crippen molar-refractivity contribution in [3.63, 3.8) is 0 Å². The van der Waals surface area contributed by atoms with Crippen LogP contribution in [0.1, 0.15) is 126 Å². The van der Waals surface area contributed by atoms with Crippen molar-refractivity contribution < 1.29 is 115 Å². The van der Waals surface area contributed by atoms with Crippen molar-refractivity contribution in [2.75, 3.05) is 52.5 Å². The predicted molar refractivity (Wildman–Crippen MR) is 293 cm³/mol. The van der Waals surface area contributed by atoms with Crippen molar-refractivity contribution in [2.45, 2.75) is 168 Å². The smallest absolute Gasteiger partial charge is 0.322 e. The van der Waals surface area contributed by atoms with E-state index in [1.807, 2.05) is 6.08 Å². The summed E-state index contributed by atoms with van der Waals surface area (Å²) in [4.78, 5) is 177. The Kier molecular flexibility index (Phi) is 41.4. The van der Waals surface area contributed by atoms with Gasteiger partial charge in [-0.05, 0) is 64.2 Å². The van der Waals surface area contributed by atoms with Gasteiger partial charge in [0.05, 0.1) is 26.3 Å². The Balaban J connectivity index is 0. The topological polar surface area (TPSA) is 490 Å². The molecule has 7 atom stereocenters. The van der Waals surface area contributed by atoms with Gasteiger partial charge in [-0.2, -0.15) is 0 Å². The molecule has 13 amide bonds. The minimum atomic E-state index is -1.81. The number of rotatable bonds is 42. The number of amides is 13. The number of carboxylic acids is 1. The number of hydrogen-bond acceptors (Lipinski definition) is 19. The van der Waals surface area contributed by atoms with Crippen LogP contribution < -0.4 is 53.2 Å². The third kappa shape index (κ3) is 34.9. The van der Waals surface area contributed by atoms with Gasteiger partial charge in [-0.25, -0.2) is 15.2 Å². The van der Waals surface area contributed by atoms with Gasteiger partial charge in [0.1, 0.15) is 48.8 Å². The monoisotopic (exact) mass is 1260 g/mol. The van der Waals surface area contributed by atoms with Gasteiger partial charge in [0.15, 0.2) is 0 Å². The molecule has 0 fully saturated rings. The average molecular weight is 1260 g/mol. The molecule has 0 aliphatic carbocycles. The van der Waals surface area contributed by atoms with Crippen LogP contribution in [-0.2, 0) is 84.2 Å². The third-order valence-electron chi connectivity index (χ3n) is 12.2. The largest absolute Gasteiger partial charge is 0.480 e. The number of allylic oxidation sites excluding steroid dienone is 1. The van der Waals surface area contributed by atoms with E-state index in [0.29, 0.717) is 15.2 Å². The fraction of sp³-hybridized carbons (Fsp3) is 0.686. The molecule has 3 unspecified atom stereocenters. The van der Waals surface area contributed by atoms with E-state index in [4.69, 9.17) is 5.11 Å². The molecule has 34 heteroatoms. The number of aliphatic hydroxyl groups is 2. The molecule has 484 valence electrons. The molecule has 0 rings (SSSR count). The summed E-state index contributed by atoms with van der Waals surface area (Å²) in [6, 6.07) is -10.6. The zero-order chi connectivity index (χ0) is 64.1. The quantitative estimate of drug-likeness (QED) is 0.00900. The summed E-state index contributed by atoms with van der Waals surface area (Å²) in [6.45, 7) is 4.25. The standard InChI is InChI=1S/C51H87N13O20.Fe/c1-8-9-10-11-12-13-14-21-40(70)57-38(28-65)49(79)58-36(19-16-23-63(83)33(6)68)47(77)53-26-42(72)61-44(30(2)3)51(81)60-39(29-66)50(80)59-37(20-17-24-64(84)34(7)69)48(78)55-31(4)45(75)52-25-41(71)56-35(46(76)54-27-43(73)74)18-15-22-62(82)32(5)67;/h13-14,30-31,35-39,44,65-66,82-84H,8-12,15-29H2,1-7H3,(H,52,75)(H,53,77)(H,54,76)(H,55,78)(H,56,71)(H,57,70)(H,58,79)(H,59,80)(H,60,81)(H,61,72)(H,73,74);/b14-13-;/t31-,35?,36?,37?,38+,39+,44-;/m1./s1. The van der Waals surface area contributed by atoms with E-state index >= 15 is 0 Å². The molecule has 0 aromatic rings. The number of carbonyl (C=O) groups is 14. The van der Waals surface area contributed by atoms with Crippen molar-refractivity contribution in [3.8, 4) is 0 Å². The molecule has 0 bridgehead atoms. The molecule has 0 saturated heterocycles. The first kappa shape index (κ1) is 79.7. The van der Waals surface area contributed by atoms with Crippen molar-refractivity contribution in [1.29, 1.82) is 0 Å². The van der Waals surface area contributed by atoms with Gasteiger partial charge in [-0.15, -0.1) is 0 Å². The third-order valence-corrected chi connectivity index (χ3v) is 12.2. The van der Waals surface area contributed by atoms with E-state index in [0.717, 1.165) is 52.9 Å². The second-order valence-corrected chi connectivity index (χ2v) is 19.7. The SMILES string of the molecule is CCCCCC/C=C\CC(=O)N[C@@H](CO)C(=O)NC(CCCN(O)C(C)=O)C(=O)NCC(=O)N[C@@H](C(=O)N[C@@H](CO)C(=O)NC(CCCN(O)C(C)=O)C(=O)N[C@H](C)C(=O)NCC(=O)NC(CCCN(O)C(C)=O)C(=O)NCC(=O)O)C(C)C.[Fe]. The van der Waals surface area contributed by atoms with Crippen LogP contribution in [0.5, 0.6) is 0 Å². The van der Waals surface area contributed by atoms with E-state index in [1.165, 1.54) is 20.8 Å². The zero-order valence-electron chi connectivity index (χ0n) is 49.0. The van der Waals surface area contributed by atoms with Crippen LogP contribution in [0.25, 0.3) is 0 Å². The van der Waals surface area contributed by atoms with Gasteiger partial charge in [0, 0.05) is 63.9 Å². The first-order chi connectivity index (χ1) is 39.5. The van der Waals surface area contributed by atoms with Crippen LogP contribution in [0.3, 0.4) is 0 Å². The van der Waals surface area contributed by atoms with Crippen LogP contribution >= 0.6 is 0 Å². The molecule has 0 heterocycles. The molecule has 0 radical (unpaired) electrons. The molecule has 0 aliphatic rings. The molecule has 0 spiro atoms. The van der Waals surface area contributed by atoms with E-state index < -0.39 is 164 Å². The molecule has 33 nitrogen and oxygen atoms in total. The van der Waals surface area contributed by atoms with Crippen LogP contribution in [0.4, 0.5) is 0 Å². The Hall–Kier alpha value is -7.36. The number of carbonyl (C=O) groups excluding carboxylic acids is 13. The minimum Gasteiger partial charge on any atom is -0.480 e. The maximum absolute atomic E-state index is 13.6. The van der Waals surface area contributed by atoms with Crippen molar-refractivity contribution >= 4 is 82.8 Å². The number of nitrogens with zero attached hydrogens (tertiary/aromatic N) is 3. The summed E-state index contributed by atoms with van der Waals surface area (Å²) in [5, 5.41) is 82.6. The molecule has 0 aromatic heterocycles. The first-order valence-corrected chi connectivity index (χ1v) is 27.4. The molecule has 0 aliphatic heterocycles. The van der Waals surface area contributed by atoms with Crippen molar-refractivity contribution in [1.82, 2.24) is 68.4 Å². The Bertz CT molecular complexity index is 2260. The van der Waals surface area contributed by atoms with Gasteiger partial charge in [0.2, 0.25) is 76.8 Å². The predicted octanol–water partition coefficient (Wildman–Crippen LogP) is -4.56. The van der Waals surface area contributed by atoms with Crippen molar-refractivity contribution in [2.24, 2.45) is 5.92 Å². The molecular weight excluding hydrogens is 1170 g/mol. The maximum atomic E-state index is 13.6. The van der Waals surface area contributed by atoms with Gasteiger partial charge in [-0.1, -0.05) is 52.2 Å². The number of aliphatic carboxylic acids is 1. The van der Waals surface area contributed by atoms with Crippen LogP contribution in [-0.4, -0.2) is 224 Å². The van der Waals surface area contributed by atoms with E-state index in [-0.39, 0.29) is 81.6 Å². The van der Waals surface area contributed by atoms with Crippen LogP contribution in [0, 0.1) is 5.92 Å². The van der Waals surface area contributed by atoms with Crippen LogP contribution in [0.2, 0.25) is 0 Å². The van der Waals surface area contributed by atoms with Gasteiger partial charge in [-0.3, -0.25) is 82.7 Å². The molecule has 16 N–H and O–H groups in total. The number of nitrogens with one attached hydrogen (secondary N) is 10. The molecule has 85 heavy (non-hydrogen) atoms. The number of unbranched alkanes of at least 4 members (excludes halogenated alkanes) is 4. The summed E-state index contributed by atoms with van der Waals surface area (Å²) in [6.07, 6.45) is 7.23. The molecular formula is C51H87FeN13O20. The summed E-state index contributed by atoms with van der Waals surface area (Å²) in [7, 11) is 0. The Morgan fingerprint density at radius 3 is 1.26 bits per heavy atom. The van der Waals surface area contributed by atoms with E-state index in [1.54, 1.807) is 6.08 Å². The number of hydroxylamine groups is 6. The summed E-state index contributed by atoms with van der Waals surface area (Å²) in [5.41, 5.74) is 0. The van der Waals surface area contributed by atoms with Crippen molar-refractivity contribution in [3.05, 3.63) is 12.2 Å². The number of carboxylic acid groups (broad SMARTS) is 1. The second-order valence-electron chi connectivity index (χ2n) is 19.7. The summed E-state index contributed by atoms with van der Waals surface area (Å²) in [5.74, 6) is -13.9. The Morgan fingerprint density at radius 2 is 0.824 bits per heavy atom. The number of hydrogen-bond donors (Lipinski definition) is 16. The van der Waals surface area contributed by atoms with Gasteiger partial charge >= 0.3 is 5.97 Å². The minimum absolute atomic E-state index is 0. The maximum Gasteiger partial charge on any atom is 0.322 e. The fourth-order valence-corrected chi connectivity index (χ4v) is 7.34. The van der Waals surface area contributed by atoms with Gasteiger partial charge in [0.25, 0.3) is 0 Å².